The Labute approximate surface area is 226 Å². The van der Waals surface area contributed by atoms with E-state index in [-0.39, 0.29) is 16.8 Å². The van der Waals surface area contributed by atoms with Gasteiger partial charge in [0.15, 0.2) is 0 Å². The predicted octanol–water partition coefficient (Wildman–Crippen LogP) is 3.49. The molecule has 2 aromatic carbocycles. The second-order valence-corrected chi connectivity index (χ2v) is 9.98. The van der Waals surface area contributed by atoms with Crippen LogP contribution in [0.5, 0.6) is 0 Å². The van der Waals surface area contributed by atoms with Crippen molar-refractivity contribution in [1.29, 1.82) is 0 Å². The zero-order valence-electron chi connectivity index (χ0n) is 19.2. The van der Waals surface area contributed by atoms with Gasteiger partial charge in [-0.3, -0.25) is 29.1 Å². The van der Waals surface area contributed by atoms with Crippen LogP contribution in [0.25, 0.3) is 43.6 Å². The fraction of sp³-hybridized carbons (Fsp3) is 0. The van der Waals surface area contributed by atoms with Crippen molar-refractivity contribution >= 4 is 59.3 Å². The van der Waals surface area contributed by atoms with Gasteiger partial charge in [-0.15, -0.1) is 0 Å². The minimum Gasteiger partial charge on any atom is -0.756 e. The Bertz CT molecular complexity index is 1560. The van der Waals surface area contributed by atoms with Gasteiger partial charge in [0.2, 0.25) is 0 Å². The molecular formula is C24H18CoN4O7P2. The minimum atomic E-state index is -5.36. The van der Waals surface area contributed by atoms with Gasteiger partial charge in [-0.05, 0) is 24.3 Å². The van der Waals surface area contributed by atoms with Gasteiger partial charge in [-0.2, -0.15) is 0 Å². The molecule has 0 saturated carbocycles. The summed E-state index contributed by atoms with van der Waals surface area (Å²) in [6.07, 6.45) is 7.21. The van der Waals surface area contributed by atoms with Crippen molar-refractivity contribution in [3.8, 4) is 0 Å². The van der Waals surface area contributed by atoms with Gasteiger partial charge in [0.05, 0.1) is 22.1 Å². The Hall–Kier alpha value is -3.15. The van der Waals surface area contributed by atoms with Gasteiger partial charge >= 0.3 is 16.8 Å². The fourth-order valence-corrected chi connectivity index (χ4v) is 4.53. The predicted molar refractivity (Wildman–Crippen MR) is 135 cm³/mol. The van der Waals surface area contributed by atoms with Gasteiger partial charge in [-0.25, -0.2) is 4.31 Å². The SMILES string of the molecule is O=P([O-])(O)OP(=O)([O-])O.[Co+2].c1cnc2c(c1)ccc1cccnc12.c1cnc2c(c1)ccc1cccnc12. The average molecular weight is 595 g/mol. The summed E-state index contributed by atoms with van der Waals surface area (Å²) in [5, 5.41) is 4.55. The molecule has 0 bridgehead atoms. The monoisotopic (exact) mass is 595 g/mol. The Kier molecular flexibility index (Phi) is 9.75. The number of fused-ring (bicyclic) bond motifs is 6. The van der Waals surface area contributed by atoms with Gasteiger partial charge in [0.1, 0.15) is 0 Å². The van der Waals surface area contributed by atoms with Crippen molar-refractivity contribution in [2.45, 2.75) is 0 Å². The van der Waals surface area contributed by atoms with Crippen LogP contribution in [0.2, 0.25) is 0 Å². The Morgan fingerprint density at radius 3 is 0.947 bits per heavy atom. The first-order valence-electron chi connectivity index (χ1n) is 10.6. The van der Waals surface area contributed by atoms with Crippen molar-refractivity contribution in [3.63, 3.8) is 0 Å². The molecule has 2 atom stereocenters. The summed E-state index contributed by atoms with van der Waals surface area (Å²) in [5.74, 6) is 0. The van der Waals surface area contributed by atoms with Gasteiger partial charge in [0.25, 0.3) is 15.6 Å². The maximum Gasteiger partial charge on any atom is 2.00 e. The molecule has 2 unspecified atom stereocenters. The second-order valence-electron chi connectivity index (χ2n) is 7.45. The molecule has 1 radical (unpaired) electrons. The molecule has 0 saturated heterocycles. The van der Waals surface area contributed by atoms with Crippen LogP contribution in [-0.4, -0.2) is 29.7 Å². The van der Waals surface area contributed by atoms with Crippen molar-refractivity contribution < 1.29 is 49.8 Å². The summed E-state index contributed by atoms with van der Waals surface area (Å²) in [6, 6.07) is 24.3. The molecule has 4 aromatic heterocycles. The van der Waals surface area contributed by atoms with Crippen LogP contribution in [0, 0.1) is 0 Å². The molecule has 38 heavy (non-hydrogen) atoms. The van der Waals surface area contributed by atoms with Gasteiger partial charge in [0, 0.05) is 46.3 Å². The first kappa shape index (κ1) is 29.4. The van der Waals surface area contributed by atoms with E-state index in [1.165, 1.54) is 0 Å². The minimum absolute atomic E-state index is 0. The number of hydrogen-bond acceptors (Lipinski definition) is 9. The standard InChI is InChI=1S/2C12H8N2.Co.H4O7P2/c2*1-3-9-5-6-10-4-2-8-14-12(10)11(9)13-7-1;;1-8(2,3)7-9(4,5)6/h2*1-8H;;(H2,1,2,3)(H2,4,5,6)/q;;+2;/p-2. The fourth-order valence-electron chi connectivity index (χ4n) is 3.49. The molecule has 195 valence electrons. The molecule has 0 fully saturated rings. The molecule has 0 spiro atoms. The molecule has 14 heteroatoms. The van der Waals surface area contributed by atoms with Crippen molar-refractivity contribution in [2.75, 3.05) is 0 Å². The number of aromatic nitrogens is 4. The topological polar surface area (TPSA) is 182 Å². The van der Waals surface area contributed by atoms with E-state index in [1.54, 1.807) is 24.8 Å². The van der Waals surface area contributed by atoms with E-state index in [1.807, 2.05) is 24.3 Å². The van der Waals surface area contributed by atoms with E-state index >= 15 is 0 Å². The summed E-state index contributed by atoms with van der Waals surface area (Å²) in [5.41, 5.74) is 3.91. The third kappa shape index (κ3) is 7.92. The van der Waals surface area contributed by atoms with Gasteiger partial charge < -0.3 is 19.6 Å². The zero-order valence-corrected chi connectivity index (χ0v) is 22.0. The molecule has 0 aliphatic heterocycles. The van der Waals surface area contributed by atoms with Crippen molar-refractivity contribution in [2.24, 2.45) is 0 Å². The number of hydrogen-bond donors (Lipinski definition) is 2. The number of nitrogens with zero attached hydrogens (tertiary/aromatic N) is 4. The van der Waals surface area contributed by atoms with E-state index in [2.05, 4.69) is 72.8 Å². The van der Waals surface area contributed by atoms with E-state index in [0.29, 0.717) is 0 Å². The average Bonchev–Trinajstić information content (AvgIpc) is 2.87. The largest absolute Gasteiger partial charge is 2.00 e. The molecule has 0 aliphatic rings. The quantitative estimate of drug-likeness (QED) is 0.221. The molecule has 4 heterocycles. The van der Waals surface area contributed by atoms with Gasteiger partial charge in [-0.1, -0.05) is 48.5 Å². The Morgan fingerprint density at radius 2 is 0.763 bits per heavy atom. The Balaban J connectivity index is 0.000000161. The van der Waals surface area contributed by atoms with E-state index in [9.17, 15) is 18.9 Å². The van der Waals surface area contributed by atoms with Crippen LogP contribution in [0.4, 0.5) is 0 Å². The number of benzene rings is 2. The zero-order chi connectivity index (χ0) is 26.5. The van der Waals surface area contributed by atoms with Crippen molar-refractivity contribution in [1.82, 2.24) is 19.9 Å². The second kappa shape index (κ2) is 12.6. The third-order valence-electron chi connectivity index (χ3n) is 4.90. The van der Waals surface area contributed by atoms with Crippen LogP contribution in [0.3, 0.4) is 0 Å². The van der Waals surface area contributed by atoms with E-state index in [0.717, 1.165) is 43.6 Å². The maximum absolute atomic E-state index is 9.48. The van der Waals surface area contributed by atoms with Crippen LogP contribution in [0.15, 0.2) is 97.6 Å². The smallest absolute Gasteiger partial charge is 0.756 e. The molecule has 11 nitrogen and oxygen atoms in total. The van der Waals surface area contributed by atoms with Crippen LogP contribution >= 0.6 is 15.6 Å². The van der Waals surface area contributed by atoms with Crippen LogP contribution in [-0.2, 0) is 30.2 Å². The molecular weight excluding hydrogens is 577 g/mol. The third-order valence-corrected chi connectivity index (χ3v) is 6.55. The van der Waals surface area contributed by atoms with Crippen LogP contribution in [0.1, 0.15) is 0 Å². The summed E-state index contributed by atoms with van der Waals surface area (Å²) < 4.78 is 21.7. The Morgan fingerprint density at radius 1 is 0.526 bits per heavy atom. The molecule has 6 aromatic rings. The van der Waals surface area contributed by atoms with Crippen molar-refractivity contribution in [3.05, 3.63) is 97.6 Å². The summed E-state index contributed by atoms with van der Waals surface area (Å²) in [7, 11) is -10.7. The first-order chi connectivity index (χ1) is 17.6. The summed E-state index contributed by atoms with van der Waals surface area (Å²) in [4.78, 5) is 51.5. The maximum atomic E-state index is 9.48. The normalized spacial score (nSPS) is 13.8. The molecule has 6 rings (SSSR count). The molecule has 0 aliphatic carbocycles. The van der Waals surface area contributed by atoms with Crippen LogP contribution < -0.4 is 9.79 Å². The number of rotatable bonds is 2. The molecule has 2 N–H and O–H groups in total. The van der Waals surface area contributed by atoms with E-state index in [4.69, 9.17) is 9.79 Å². The van der Waals surface area contributed by atoms with E-state index < -0.39 is 15.6 Å². The summed E-state index contributed by atoms with van der Waals surface area (Å²) >= 11 is 0. The first-order valence-corrected chi connectivity index (χ1v) is 13.6. The molecule has 0 amide bonds. The summed E-state index contributed by atoms with van der Waals surface area (Å²) in [6.45, 7) is 0. The number of pyridine rings is 4. The number of phosphoric acid groups is 2.